The Bertz CT molecular complexity index is 965. The maximum absolute atomic E-state index is 12.9. The van der Waals surface area contributed by atoms with Gasteiger partial charge < -0.3 is 14.9 Å². The first-order valence-electron chi connectivity index (χ1n) is 9.81. The van der Waals surface area contributed by atoms with Gasteiger partial charge in [-0.15, -0.1) is 0 Å². The Hall–Kier alpha value is -2.58. The second kappa shape index (κ2) is 8.84. The van der Waals surface area contributed by atoms with E-state index < -0.39 is 10.0 Å². The standard InChI is InChI=1S/C21H27N3O4S/c1-3-24(4-2)29(27,28)18-9-7-8-17(16-18)21(26)23-14-12-22(13-15-23)19-10-5-6-11-20(19)25/h5-11,16,25H,3-4,12-15H2,1-2H3. The predicted molar refractivity (Wildman–Crippen MR) is 113 cm³/mol. The molecule has 0 unspecified atom stereocenters. The average Bonchev–Trinajstić information content (AvgIpc) is 2.74. The quantitative estimate of drug-likeness (QED) is 0.781. The number of piperazine rings is 1. The summed E-state index contributed by atoms with van der Waals surface area (Å²) in [5.41, 5.74) is 1.13. The molecule has 1 amide bonds. The van der Waals surface area contributed by atoms with Crippen LogP contribution in [0.1, 0.15) is 24.2 Å². The summed E-state index contributed by atoms with van der Waals surface area (Å²) < 4.78 is 26.9. The third-order valence-electron chi connectivity index (χ3n) is 5.21. The summed E-state index contributed by atoms with van der Waals surface area (Å²) in [5, 5.41) is 10.0. The van der Waals surface area contributed by atoms with Crippen molar-refractivity contribution in [2.45, 2.75) is 18.7 Å². The van der Waals surface area contributed by atoms with E-state index in [1.165, 1.54) is 16.4 Å². The van der Waals surface area contributed by atoms with Gasteiger partial charge in [0, 0.05) is 44.8 Å². The second-order valence-electron chi connectivity index (χ2n) is 6.89. The lowest BCUT2D eigenvalue weighted by Crippen LogP contribution is -2.48. The van der Waals surface area contributed by atoms with Gasteiger partial charge in [0.2, 0.25) is 10.0 Å². The predicted octanol–water partition coefficient (Wildman–Crippen LogP) is 2.39. The molecule has 3 rings (SSSR count). The van der Waals surface area contributed by atoms with Crippen LogP contribution in [-0.4, -0.2) is 67.9 Å². The molecule has 2 aromatic carbocycles. The number of phenols is 1. The number of phenolic OH excluding ortho intramolecular Hbond substituents is 1. The van der Waals surface area contributed by atoms with Crippen molar-refractivity contribution < 1.29 is 18.3 Å². The van der Waals surface area contributed by atoms with E-state index in [9.17, 15) is 18.3 Å². The Morgan fingerprint density at radius 2 is 1.66 bits per heavy atom. The van der Waals surface area contributed by atoms with E-state index in [-0.39, 0.29) is 16.6 Å². The fraction of sp³-hybridized carbons (Fsp3) is 0.381. The number of amides is 1. The fourth-order valence-corrected chi connectivity index (χ4v) is 5.07. The molecule has 0 aliphatic carbocycles. The van der Waals surface area contributed by atoms with Crippen LogP contribution in [0, 0.1) is 0 Å². The Morgan fingerprint density at radius 1 is 1.00 bits per heavy atom. The zero-order chi connectivity index (χ0) is 21.0. The number of anilines is 1. The summed E-state index contributed by atoms with van der Waals surface area (Å²) in [5.74, 6) is 0.0418. The number of carbonyl (C=O) groups is 1. The summed E-state index contributed by atoms with van der Waals surface area (Å²) >= 11 is 0. The van der Waals surface area contributed by atoms with Crippen LogP contribution >= 0.6 is 0 Å². The van der Waals surface area contributed by atoms with Gasteiger partial charge in [-0.2, -0.15) is 4.31 Å². The van der Waals surface area contributed by atoms with E-state index in [4.69, 9.17) is 0 Å². The lowest BCUT2D eigenvalue weighted by Gasteiger charge is -2.36. The molecule has 8 heteroatoms. The number of rotatable bonds is 6. The molecule has 0 saturated carbocycles. The number of hydrogen-bond donors (Lipinski definition) is 1. The smallest absolute Gasteiger partial charge is 0.254 e. The number of aromatic hydroxyl groups is 1. The molecule has 1 heterocycles. The van der Waals surface area contributed by atoms with Crippen LogP contribution in [0.4, 0.5) is 5.69 Å². The van der Waals surface area contributed by atoms with E-state index in [0.717, 1.165) is 5.69 Å². The van der Waals surface area contributed by atoms with E-state index in [1.54, 1.807) is 43.0 Å². The number of benzene rings is 2. The molecule has 0 spiro atoms. The highest BCUT2D eigenvalue weighted by atomic mass is 32.2. The Morgan fingerprint density at radius 3 is 2.28 bits per heavy atom. The van der Waals surface area contributed by atoms with E-state index in [0.29, 0.717) is 44.8 Å². The highest BCUT2D eigenvalue weighted by molar-refractivity contribution is 7.89. The van der Waals surface area contributed by atoms with Gasteiger partial charge in [0.15, 0.2) is 0 Å². The lowest BCUT2D eigenvalue weighted by atomic mass is 10.1. The van der Waals surface area contributed by atoms with Crippen LogP contribution < -0.4 is 4.90 Å². The van der Waals surface area contributed by atoms with Crippen LogP contribution in [0.25, 0.3) is 0 Å². The highest BCUT2D eigenvalue weighted by Gasteiger charge is 2.26. The van der Waals surface area contributed by atoms with Crippen LogP contribution in [-0.2, 0) is 10.0 Å². The van der Waals surface area contributed by atoms with Crippen molar-refractivity contribution in [3.8, 4) is 5.75 Å². The van der Waals surface area contributed by atoms with Gasteiger partial charge in [-0.1, -0.05) is 32.0 Å². The number of nitrogens with zero attached hydrogens (tertiary/aromatic N) is 3. The van der Waals surface area contributed by atoms with Crippen molar-refractivity contribution in [2.24, 2.45) is 0 Å². The number of hydrogen-bond acceptors (Lipinski definition) is 5. The van der Waals surface area contributed by atoms with Crippen molar-refractivity contribution >= 4 is 21.6 Å². The first kappa shape index (κ1) is 21.1. The largest absolute Gasteiger partial charge is 0.506 e. The summed E-state index contributed by atoms with van der Waals surface area (Å²) in [6, 6.07) is 13.4. The number of para-hydroxylation sites is 2. The molecule has 0 radical (unpaired) electrons. The summed E-state index contributed by atoms with van der Waals surface area (Å²) in [4.78, 5) is 16.9. The molecule has 1 N–H and O–H groups in total. The first-order valence-corrected chi connectivity index (χ1v) is 11.2. The normalized spacial score (nSPS) is 15.0. The van der Waals surface area contributed by atoms with Crippen molar-refractivity contribution in [1.82, 2.24) is 9.21 Å². The number of sulfonamides is 1. The van der Waals surface area contributed by atoms with Crippen molar-refractivity contribution in [1.29, 1.82) is 0 Å². The van der Waals surface area contributed by atoms with E-state index >= 15 is 0 Å². The zero-order valence-corrected chi connectivity index (χ0v) is 17.6. The molecule has 0 atom stereocenters. The lowest BCUT2D eigenvalue weighted by molar-refractivity contribution is 0.0746. The van der Waals surface area contributed by atoms with E-state index in [2.05, 4.69) is 0 Å². The molecule has 29 heavy (non-hydrogen) atoms. The average molecular weight is 418 g/mol. The van der Waals surface area contributed by atoms with Crippen molar-refractivity contribution in [2.75, 3.05) is 44.2 Å². The molecule has 7 nitrogen and oxygen atoms in total. The highest BCUT2D eigenvalue weighted by Crippen LogP contribution is 2.27. The van der Waals surface area contributed by atoms with Gasteiger partial charge in [-0.05, 0) is 30.3 Å². The summed E-state index contributed by atoms with van der Waals surface area (Å²) in [6.07, 6.45) is 0. The summed E-state index contributed by atoms with van der Waals surface area (Å²) in [6.45, 7) is 6.54. The molecular weight excluding hydrogens is 390 g/mol. The third kappa shape index (κ3) is 4.38. The van der Waals surface area contributed by atoms with Crippen molar-refractivity contribution in [3.05, 3.63) is 54.1 Å². The molecule has 156 valence electrons. The van der Waals surface area contributed by atoms with Crippen LogP contribution in [0.15, 0.2) is 53.4 Å². The molecule has 1 aliphatic heterocycles. The molecule has 1 fully saturated rings. The van der Waals surface area contributed by atoms with Gasteiger partial charge in [0.05, 0.1) is 10.6 Å². The van der Waals surface area contributed by atoms with Crippen molar-refractivity contribution in [3.63, 3.8) is 0 Å². The topological polar surface area (TPSA) is 81.2 Å². The Kier molecular flexibility index (Phi) is 6.44. The van der Waals surface area contributed by atoms with Gasteiger partial charge in [0.1, 0.15) is 5.75 Å². The van der Waals surface area contributed by atoms with Gasteiger partial charge in [-0.25, -0.2) is 8.42 Å². The summed E-state index contributed by atoms with van der Waals surface area (Å²) in [7, 11) is -3.61. The zero-order valence-electron chi connectivity index (χ0n) is 16.8. The van der Waals surface area contributed by atoms with E-state index in [1.807, 2.05) is 17.0 Å². The van der Waals surface area contributed by atoms with Gasteiger partial charge in [0.25, 0.3) is 5.91 Å². The Balaban J connectivity index is 1.73. The third-order valence-corrected chi connectivity index (χ3v) is 7.26. The maximum atomic E-state index is 12.9. The molecule has 0 aromatic heterocycles. The molecular formula is C21H27N3O4S. The minimum Gasteiger partial charge on any atom is -0.506 e. The maximum Gasteiger partial charge on any atom is 0.254 e. The minimum absolute atomic E-state index is 0.139. The second-order valence-corrected chi connectivity index (χ2v) is 8.82. The minimum atomic E-state index is -3.61. The molecule has 0 bridgehead atoms. The SMILES string of the molecule is CCN(CC)S(=O)(=O)c1cccc(C(=O)N2CCN(c3ccccc3O)CC2)c1. The van der Waals surface area contributed by atoms with Gasteiger partial charge in [-0.3, -0.25) is 4.79 Å². The monoisotopic (exact) mass is 417 g/mol. The number of carbonyl (C=O) groups excluding carboxylic acids is 1. The fourth-order valence-electron chi connectivity index (χ4n) is 3.57. The first-order chi connectivity index (χ1) is 13.9. The molecule has 1 aliphatic rings. The molecule has 1 saturated heterocycles. The van der Waals surface area contributed by atoms with Crippen LogP contribution in [0.3, 0.4) is 0 Å². The van der Waals surface area contributed by atoms with Crippen LogP contribution in [0.5, 0.6) is 5.75 Å². The van der Waals surface area contributed by atoms with Gasteiger partial charge >= 0.3 is 0 Å². The molecule has 2 aromatic rings. The van der Waals surface area contributed by atoms with Crippen LogP contribution in [0.2, 0.25) is 0 Å². The Labute approximate surface area is 172 Å².